The maximum absolute atomic E-state index is 12.0. The topological polar surface area (TPSA) is 76.8 Å². The number of nitrogens with one attached hydrogen (secondary N) is 1. The fourth-order valence-corrected chi connectivity index (χ4v) is 1.86. The Kier molecular flexibility index (Phi) is 4.59. The fourth-order valence-electron chi connectivity index (χ4n) is 1.86. The number of nitrogens with two attached hydrogens (primary N) is 1. The summed E-state index contributed by atoms with van der Waals surface area (Å²) in [5.41, 5.74) is 9.66. The summed E-state index contributed by atoms with van der Waals surface area (Å²) in [6, 6.07) is 5.05. The monoisotopic (exact) mass is 265 g/mol. The van der Waals surface area contributed by atoms with E-state index in [1.165, 1.54) is 0 Å². The molecule has 0 aliphatic carbocycles. The van der Waals surface area contributed by atoms with E-state index < -0.39 is 0 Å². The second-order valence-electron chi connectivity index (χ2n) is 4.23. The summed E-state index contributed by atoms with van der Waals surface area (Å²) in [6.07, 6.45) is 0. The van der Waals surface area contributed by atoms with E-state index >= 15 is 0 Å². The summed E-state index contributed by atoms with van der Waals surface area (Å²) < 4.78 is 10.6. The number of carbonyl (C=O) groups is 1. The number of nitrogen functional groups attached to an aromatic ring is 1. The van der Waals surface area contributed by atoms with Gasteiger partial charge in [-0.2, -0.15) is 0 Å². The number of hydrazine groups is 1. The molecule has 1 amide bonds. The average Bonchev–Trinajstić information content (AvgIpc) is 2.42. The van der Waals surface area contributed by atoms with E-state index in [0.717, 1.165) is 0 Å². The third-order valence-corrected chi connectivity index (χ3v) is 2.84. The first-order chi connectivity index (χ1) is 9.20. The Hall–Kier alpha value is -1.79. The number of benzene rings is 1. The maximum atomic E-state index is 12.0. The van der Waals surface area contributed by atoms with Gasteiger partial charge in [0, 0.05) is 18.7 Å². The van der Waals surface area contributed by atoms with Crippen molar-refractivity contribution in [3.05, 3.63) is 23.8 Å². The highest BCUT2D eigenvalue weighted by Crippen LogP contribution is 2.22. The van der Waals surface area contributed by atoms with Crippen molar-refractivity contribution in [3.63, 3.8) is 0 Å². The van der Waals surface area contributed by atoms with E-state index in [4.69, 9.17) is 15.2 Å². The summed E-state index contributed by atoms with van der Waals surface area (Å²) in [6.45, 7) is 5.08. The van der Waals surface area contributed by atoms with Crippen LogP contribution in [0.3, 0.4) is 0 Å². The van der Waals surface area contributed by atoms with Gasteiger partial charge in [0.25, 0.3) is 5.91 Å². The SMILES string of the molecule is CCOc1ccc(C(=O)NN2CCOCC2)cc1N. The number of carbonyl (C=O) groups excluding carboxylic acids is 1. The maximum Gasteiger partial charge on any atom is 0.265 e. The minimum absolute atomic E-state index is 0.170. The fraction of sp³-hybridized carbons (Fsp3) is 0.462. The molecule has 0 unspecified atom stereocenters. The first-order valence-corrected chi connectivity index (χ1v) is 6.36. The zero-order valence-electron chi connectivity index (χ0n) is 11.0. The molecular formula is C13H19N3O3. The number of ether oxygens (including phenoxy) is 2. The van der Waals surface area contributed by atoms with Crippen LogP contribution in [0.1, 0.15) is 17.3 Å². The van der Waals surface area contributed by atoms with Crippen LogP contribution in [0.15, 0.2) is 18.2 Å². The Bertz CT molecular complexity index is 445. The van der Waals surface area contributed by atoms with Crippen molar-refractivity contribution in [2.45, 2.75) is 6.92 Å². The molecule has 6 nitrogen and oxygen atoms in total. The van der Waals surface area contributed by atoms with Gasteiger partial charge in [0.1, 0.15) is 5.75 Å². The molecule has 0 bridgehead atoms. The number of hydrogen-bond acceptors (Lipinski definition) is 5. The Balaban J connectivity index is 2.00. The molecule has 1 aliphatic heterocycles. The van der Waals surface area contributed by atoms with E-state index in [2.05, 4.69) is 5.43 Å². The summed E-state index contributed by atoms with van der Waals surface area (Å²) in [4.78, 5) is 12.0. The molecule has 0 radical (unpaired) electrons. The Morgan fingerprint density at radius 2 is 2.21 bits per heavy atom. The van der Waals surface area contributed by atoms with Crippen LogP contribution in [0.5, 0.6) is 5.75 Å². The molecule has 0 spiro atoms. The van der Waals surface area contributed by atoms with Crippen molar-refractivity contribution in [2.75, 3.05) is 38.6 Å². The largest absolute Gasteiger partial charge is 0.492 e. The predicted molar refractivity (Wildman–Crippen MR) is 71.9 cm³/mol. The molecule has 2 rings (SSSR count). The summed E-state index contributed by atoms with van der Waals surface area (Å²) in [5.74, 6) is 0.432. The van der Waals surface area contributed by atoms with Gasteiger partial charge >= 0.3 is 0 Å². The molecule has 1 aromatic carbocycles. The van der Waals surface area contributed by atoms with Crippen LogP contribution in [-0.4, -0.2) is 43.8 Å². The van der Waals surface area contributed by atoms with Crippen LogP contribution in [0.4, 0.5) is 5.69 Å². The molecule has 1 heterocycles. The molecule has 1 fully saturated rings. The van der Waals surface area contributed by atoms with Crippen LogP contribution in [-0.2, 0) is 4.74 Å². The minimum Gasteiger partial charge on any atom is -0.492 e. The van der Waals surface area contributed by atoms with Gasteiger partial charge in [-0.15, -0.1) is 0 Å². The van der Waals surface area contributed by atoms with Gasteiger partial charge < -0.3 is 15.2 Å². The normalized spacial score (nSPS) is 16.1. The number of nitrogens with zero attached hydrogens (tertiary/aromatic N) is 1. The van der Waals surface area contributed by atoms with Gasteiger partial charge in [-0.05, 0) is 25.1 Å². The van der Waals surface area contributed by atoms with Crippen molar-refractivity contribution in [1.82, 2.24) is 10.4 Å². The number of rotatable bonds is 4. The lowest BCUT2D eigenvalue weighted by atomic mass is 10.2. The molecule has 0 saturated carbocycles. The molecule has 1 aromatic rings. The van der Waals surface area contributed by atoms with E-state index in [0.29, 0.717) is 49.9 Å². The van der Waals surface area contributed by atoms with Crippen LogP contribution in [0, 0.1) is 0 Å². The summed E-state index contributed by atoms with van der Waals surface area (Å²) in [7, 11) is 0. The zero-order valence-corrected chi connectivity index (χ0v) is 11.0. The van der Waals surface area contributed by atoms with Gasteiger partial charge in [-0.25, -0.2) is 5.01 Å². The van der Waals surface area contributed by atoms with Gasteiger partial charge in [-0.1, -0.05) is 0 Å². The van der Waals surface area contributed by atoms with Crippen molar-refractivity contribution < 1.29 is 14.3 Å². The lowest BCUT2D eigenvalue weighted by molar-refractivity contribution is 0.0126. The van der Waals surface area contributed by atoms with Crippen molar-refractivity contribution in [1.29, 1.82) is 0 Å². The Morgan fingerprint density at radius 1 is 1.47 bits per heavy atom. The number of morpholine rings is 1. The molecule has 3 N–H and O–H groups in total. The Morgan fingerprint density at radius 3 is 2.84 bits per heavy atom. The van der Waals surface area contributed by atoms with Gasteiger partial charge in [-0.3, -0.25) is 10.2 Å². The first kappa shape index (κ1) is 13.6. The molecule has 104 valence electrons. The summed E-state index contributed by atoms with van der Waals surface area (Å²) in [5, 5.41) is 1.85. The number of hydrogen-bond donors (Lipinski definition) is 2. The third-order valence-electron chi connectivity index (χ3n) is 2.84. The van der Waals surface area contributed by atoms with E-state index in [9.17, 15) is 4.79 Å². The minimum atomic E-state index is -0.170. The van der Waals surface area contributed by atoms with Crippen molar-refractivity contribution >= 4 is 11.6 Å². The summed E-state index contributed by atoms with van der Waals surface area (Å²) >= 11 is 0. The van der Waals surface area contributed by atoms with Crippen LogP contribution in [0.2, 0.25) is 0 Å². The lowest BCUT2D eigenvalue weighted by Gasteiger charge is -2.27. The standard InChI is InChI=1S/C13H19N3O3/c1-2-19-12-4-3-10(9-11(12)14)13(17)15-16-5-7-18-8-6-16/h3-4,9H,2,5-8,14H2,1H3,(H,15,17). The van der Waals surface area contributed by atoms with Crippen LogP contribution >= 0.6 is 0 Å². The molecule has 0 atom stereocenters. The van der Waals surface area contributed by atoms with Gasteiger partial charge in [0.2, 0.25) is 0 Å². The van der Waals surface area contributed by atoms with Gasteiger partial charge in [0.05, 0.1) is 25.5 Å². The van der Waals surface area contributed by atoms with E-state index in [1.807, 2.05) is 11.9 Å². The highest BCUT2D eigenvalue weighted by atomic mass is 16.5. The number of amides is 1. The van der Waals surface area contributed by atoms with E-state index in [-0.39, 0.29) is 5.91 Å². The van der Waals surface area contributed by atoms with Crippen LogP contribution in [0.25, 0.3) is 0 Å². The molecule has 0 aromatic heterocycles. The van der Waals surface area contributed by atoms with E-state index in [1.54, 1.807) is 18.2 Å². The van der Waals surface area contributed by atoms with Crippen molar-refractivity contribution in [2.24, 2.45) is 0 Å². The molecule has 19 heavy (non-hydrogen) atoms. The number of anilines is 1. The second-order valence-corrected chi connectivity index (χ2v) is 4.23. The van der Waals surface area contributed by atoms with Crippen molar-refractivity contribution in [3.8, 4) is 5.75 Å². The third kappa shape index (κ3) is 3.59. The highest BCUT2D eigenvalue weighted by Gasteiger charge is 2.15. The average molecular weight is 265 g/mol. The smallest absolute Gasteiger partial charge is 0.265 e. The second kappa shape index (κ2) is 6.40. The highest BCUT2D eigenvalue weighted by molar-refractivity contribution is 5.95. The molecule has 1 aliphatic rings. The molecule has 1 saturated heterocycles. The lowest BCUT2D eigenvalue weighted by Crippen LogP contribution is -2.48. The van der Waals surface area contributed by atoms with Gasteiger partial charge in [0.15, 0.2) is 0 Å². The first-order valence-electron chi connectivity index (χ1n) is 6.36. The quantitative estimate of drug-likeness (QED) is 0.781. The van der Waals surface area contributed by atoms with Crippen LogP contribution < -0.4 is 15.9 Å². The molecule has 6 heteroatoms. The Labute approximate surface area is 112 Å². The zero-order chi connectivity index (χ0) is 13.7. The molecular weight excluding hydrogens is 246 g/mol. The predicted octanol–water partition coefficient (Wildman–Crippen LogP) is 0.644.